The lowest BCUT2D eigenvalue weighted by Gasteiger charge is -2.23. The molecule has 154 valence electrons. The molecule has 1 aliphatic carbocycles. The number of benzene rings is 1. The Bertz CT molecular complexity index is 1050. The fourth-order valence-electron chi connectivity index (χ4n) is 3.35. The average Bonchev–Trinajstić information content (AvgIpc) is 3.51. The van der Waals surface area contributed by atoms with Crippen molar-refractivity contribution in [3.05, 3.63) is 54.5 Å². The second-order valence-corrected chi connectivity index (χ2v) is 7.44. The molecule has 4 rings (SSSR count). The summed E-state index contributed by atoms with van der Waals surface area (Å²) in [7, 11) is 0. The molecule has 0 radical (unpaired) electrons. The second-order valence-electron chi connectivity index (χ2n) is 7.44. The third-order valence-electron chi connectivity index (χ3n) is 5.24. The normalized spacial score (nSPS) is 15.3. The molecule has 1 fully saturated rings. The molecular formula is C21H24N8O. The van der Waals surface area contributed by atoms with E-state index in [-0.39, 0.29) is 17.1 Å². The Labute approximate surface area is 174 Å². The van der Waals surface area contributed by atoms with Crippen LogP contribution in [0.15, 0.2) is 48.9 Å². The van der Waals surface area contributed by atoms with Crippen molar-refractivity contribution in [1.29, 1.82) is 0 Å². The highest BCUT2D eigenvalue weighted by Gasteiger charge is 2.45. The fraction of sp³-hybridized carbons (Fsp3) is 0.286. The van der Waals surface area contributed by atoms with Crippen molar-refractivity contribution in [1.82, 2.24) is 19.9 Å². The predicted molar refractivity (Wildman–Crippen MR) is 115 cm³/mol. The summed E-state index contributed by atoms with van der Waals surface area (Å²) in [4.78, 5) is 29.2. The van der Waals surface area contributed by atoms with E-state index in [1.54, 1.807) is 18.5 Å². The van der Waals surface area contributed by atoms with E-state index in [9.17, 15) is 4.79 Å². The molecule has 1 atom stereocenters. The Morgan fingerprint density at radius 1 is 1.20 bits per heavy atom. The van der Waals surface area contributed by atoms with Crippen molar-refractivity contribution in [2.24, 2.45) is 11.5 Å². The fourth-order valence-corrected chi connectivity index (χ4v) is 3.35. The number of carbonyl (C=O) groups is 1. The minimum Gasteiger partial charge on any atom is -0.365 e. The molecule has 3 aromatic rings. The molecule has 0 saturated heterocycles. The van der Waals surface area contributed by atoms with Crippen LogP contribution in [0.2, 0.25) is 0 Å². The minimum atomic E-state index is -0.615. The lowest BCUT2D eigenvalue weighted by Crippen LogP contribution is -2.42. The van der Waals surface area contributed by atoms with Gasteiger partial charge in [0.25, 0.3) is 5.91 Å². The number of aromatic nitrogens is 4. The van der Waals surface area contributed by atoms with E-state index in [0.717, 1.165) is 30.5 Å². The molecular weight excluding hydrogens is 380 g/mol. The van der Waals surface area contributed by atoms with E-state index in [0.29, 0.717) is 17.6 Å². The van der Waals surface area contributed by atoms with Crippen molar-refractivity contribution in [2.45, 2.75) is 37.8 Å². The SMILES string of the molecule is CC[C@@H](Nc1ncc(C(N)=O)c(Nc2cccc(-c3ncccn3)c2)n1)C1(N)CC1. The molecule has 2 heterocycles. The number of nitrogens with zero attached hydrogens (tertiary/aromatic N) is 4. The third-order valence-corrected chi connectivity index (χ3v) is 5.24. The number of nitrogens with one attached hydrogen (secondary N) is 2. The van der Waals surface area contributed by atoms with Crippen LogP contribution in [0.25, 0.3) is 11.4 Å². The number of amides is 1. The Morgan fingerprint density at radius 3 is 2.63 bits per heavy atom. The van der Waals surface area contributed by atoms with Gasteiger partial charge in [0.05, 0.1) is 0 Å². The molecule has 9 nitrogen and oxygen atoms in total. The first kappa shape index (κ1) is 19.7. The van der Waals surface area contributed by atoms with Crippen LogP contribution in [-0.4, -0.2) is 37.4 Å². The van der Waals surface area contributed by atoms with Gasteiger partial charge in [-0.3, -0.25) is 4.79 Å². The summed E-state index contributed by atoms with van der Waals surface area (Å²) in [6.07, 6.45) is 7.58. The van der Waals surface area contributed by atoms with Crippen molar-refractivity contribution in [3.8, 4) is 11.4 Å². The highest BCUT2D eigenvalue weighted by molar-refractivity contribution is 5.98. The van der Waals surface area contributed by atoms with Crippen LogP contribution in [0.4, 0.5) is 17.5 Å². The van der Waals surface area contributed by atoms with Gasteiger partial charge >= 0.3 is 0 Å². The molecule has 0 unspecified atom stereocenters. The van der Waals surface area contributed by atoms with Gasteiger partial charge in [-0.1, -0.05) is 19.1 Å². The predicted octanol–water partition coefficient (Wildman–Crippen LogP) is 2.46. The van der Waals surface area contributed by atoms with Gasteiger partial charge in [0.2, 0.25) is 5.95 Å². The smallest absolute Gasteiger partial charge is 0.254 e. The summed E-state index contributed by atoms with van der Waals surface area (Å²) in [5.74, 6) is 0.706. The van der Waals surface area contributed by atoms with Gasteiger partial charge in [0, 0.05) is 41.4 Å². The van der Waals surface area contributed by atoms with E-state index in [1.165, 1.54) is 6.20 Å². The van der Waals surface area contributed by atoms with Crippen molar-refractivity contribution < 1.29 is 4.79 Å². The number of hydrogen-bond donors (Lipinski definition) is 4. The largest absolute Gasteiger partial charge is 0.365 e. The standard InChI is InChI=1S/C21H24N8O/c1-2-16(21(23)7-8-21)28-20-26-12-15(17(22)30)19(29-20)27-14-6-3-5-13(11-14)18-24-9-4-10-25-18/h3-6,9-12,16H,2,7-8,23H2,1H3,(H2,22,30)(H2,26,27,28,29)/t16-/m1/s1. The van der Waals surface area contributed by atoms with E-state index in [4.69, 9.17) is 11.5 Å². The summed E-state index contributed by atoms with van der Waals surface area (Å²) in [5, 5.41) is 6.47. The average molecular weight is 404 g/mol. The van der Waals surface area contributed by atoms with Crippen LogP contribution < -0.4 is 22.1 Å². The molecule has 1 aromatic carbocycles. The highest BCUT2D eigenvalue weighted by atomic mass is 16.1. The van der Waals surface area contributed by atoms with Crippen LogP contribution >= 0.6 is 0 Å². The molecule has 30 heavy (non-hydrogen) atoms. The van der Waals surface area contributed by atoms with Gasteiger partial charge < -0.3 is 22.1 Å². The lowest BCUT2D eigenvalue weighted by molar-refractivity contribution is 0.100. The maximum Gasteiger partial charge on any atom is 0.254 e. The Kier molecular flexibility index (Phi) is 5.28. The van der Waals surface area contributed by atoms with Gasteiger partial charge in [0.15, 0.2) is 5.82 Å². The Morgan fingerprint density at radius 2 is 1.97 bits per heavy atom. The molecule has 2 aromatic heterocycles. The Balaban J connectivity index is 1.62. The minimum absolute atomic E-state index is 0.0586. The zero-order chi connectivity index (χ0) is 21.1. The van der Waals surface area contributed by atoms with Gasteiger partial charge in [0.1, 0.15) is 11.4 Å². The summed E-state index contributed by atoms with van der Waals surface area (Å²) in [6.45, 7) is 2.07. The first-order valence-electron chi connectivity index (χ1n) is 9.85. The zero-order valence-corrected chi connectivity index (χ0v) is 16.7. The summed E-state index contributed by atoms with van der Waals surface area (Å²) < 4.78 is 0. The molecule has 0 bridgehead atoms. The van der Waals surface area contributed by atoms with Gasteiger partial charge in [-0.15, -0.1) is 0 Å². The Hall–Kier alpha value is -3.59. The van der Waals surface area contributed by atoms with Gasteiger partial charge in [-0.2, -0.15) is 4.98 Å². The maximum atomic E-state index is 11.9. The van der Waals surface area contributed by atoms with Crippen LogP contribution in [-0.2, 0) is 0 Å². The number of primary amides is 1. The first-order valence-corrected chi connectivity index (χ1v) is 9.85. The number of nitrogens with two attached hydrogens (primary N) is 2. The van der Waals surface area contributed by atoms with Crippen LogP contribution in [0, 0.1) is 0 Å². The van der Waals surface area contributed by atoms with Gasteiger partial charge in [-0.05, 0) is 37.5 Å². The second kappa shape index (κ2) is 8.03. The highest BCUT2D eigenvalue weighted by Crippen LogP contribution is 2.38. The number of rotatable bonds is 8. The molecule has 1 amide bonds. The van der Waals surface area contributed by atoms with Crippen LogP contribution in [0.5, 0.6) is 0 Å². The molecule has 9 heteroatoms. The quantitative estimate of drug-likeness (QED) is 0.448. The summed E-state index contributed by atoms with van der Waals surface area (Å²) >= 11 is 0. The van der Waals surface area contributed by atoms with Crippen molar-refractivity contribution >= 4 is 23.4 Å². The molecule has 1 aliphatic rings. The zero-order valence-electron chi connectivity index (χ0n) is 16.7. The van der Waals surface area contributed by atoms with Gasteiger partial charge in [-0.25, -0.2) is 15.0 Å². The van der Waals surface area contributed by atoms with E-state index < -0.39 is 5.91 Å². The van der Waals surface area contributed by atoms with Crippen LogP contribution in [0.3, 0.4) is 0 Å². The van der Waals surface area contributed by atoms with E-state index in [2.05, 4.69) is 37.5 Å². The van der Waals surface area contributed by atoms with Crippen molar-refractivity contribution in [3.63, 3.8) is 0 Å². The maximum absolute atomic E-state index is 11.9. The summed E-state index contributed by atoms with van der Waals surface area (Å²) in [5.41, 5.74) is 13.4. The molecule has 0 spiro atoms. The number of anilines is 3. The topological polar surface area (TPSA) is 145 Å². The van der Waals surface area contributed by atoms with Crippen molar-refractivity contribution in [2.75, 3.05) is 10.6 Å². The number of hydrogen-bond acceptors (Lipinski definition) is 8. The number of carbonyl (C=O) groups excluding carboxylic acids is 1. The molecule has 0 aliphatic heterocycles. The first-order chi connectivity index (χ1) is 14.5. The van der Waals surface area contributed by atoms with Crippen LogP contribution in [0.1, 0.15) is 36.5 Å². The molecule has 1 saturated carbocycles. The monoisotopic (exact) mass is 404 g/mol. The lowest BCUT2D eigenvalue weighted by atomic mass is 10.1. The third kappa shape index (κ3) is 4.20. The molecule has 6 N–H and O–H groups in total. The van der Waals surface area contributed by atoms with E-state index in [1.807, 2.05) is 24.3 Å². The summed E-state index contributed by atoms with van der Waals surface area (Å²) in [6, 6.07) is 9.34. The van der Waals surface area contributed by atoms with E-state index >= 15 is 0 Å².